The number of rotatable bonds is 7. The zero-order valence-electron chi connectivity index (χ0n) is 21.9. The Hall–Kier alpha value is -4.03. The fourth-order valence-electron chi connectivity index (χ4n) is 3.61. The molecule has 0 saturated carbocycles. The quantitative estimate of drug-likeness (QED) is 0.324. The summed E-state index contributed by atoms with van der Waals surface area (Å²) in [5.41, 5.74) is 12.2. The summed E-state index contributed by atoms with van der Waals surface area (Å²) in [5, 5.41) is 2.76. The molecule has 192 valence electrons. The highest BCUT2D eigenvalue weighted by Crippen LogP contribution is 2.19. The van der Waals surface area contributed by atoms with Crippen LogP contribution >= 0.6 is 0 Å². The lowest BCUT2D eigenvalue weighted by molar-refractivity contribution is 0.0528. The van der Waals surface area contributed by atoms with Crippen LogP contribution in [-0.2, 0) is 17.6 Å². The van der Waals surface area contributed by atoms with Gasteiger partial charge in [-0.1, -0.05) is 48.5 Å². The molecule has 0 bridgehead atoms. The predicted octanol–water partition coefficient (Wildman–Crippen LogP) is 6.07. The van der Waals surface area contributed by atoms with Crippen LogP contribution in [0.25, 0.3) is 22.3 Å². The van der Waals surface area contributed by atoms with E-state index in [1.165, 1.54) is 22.3 Å². The van der Waals surface area contributed by atoms with Gasteiger partial charge in [0.15, 0.2) is 0 Å². The van der Waals surface area contributed by atoms with Gasteiger partial charge in [0.05, 0.1) is 0 Å². The second-order valence-corrected chi connectivity index (χ2v) is 9.58. The molecule has 37 heavy (non-hydrogen) atoms. The number of alkyl carbamates (subject to hydrolysis) is 1. The Morgan fingerprint density at radius 3 is 1.51 bits per heavy atom. The molecule has 2 aromatic heterocycles. The molecule has 0 aliphatic heterocycles. The fourth-order valence-corrected chi connectivity index (χ4v) is 3.61. The average Bonchev–Trinajstić information content (AvgIpc) is 2.90. The van der Waals surface area contributed by atoms with Gasteiger partial charge in [0.2, 0.25) is 0 Å². The Balaban J connectivity index is 0.000000220. The maximum absolute atomic E-state index is 11.5. The highest BCUT2D eigenvalue weighted by molar-refractivity contribution is 5.67. The molecule has 6 heteroatoms. The molecule has 0 spiro atoms. The fraction of sp³-hybridized carbons (Fsp3) is 0.258. The highest BCUT2D eigenvalue weighted by Gasteiger charge is 2.15. The molecular formula is C31H36N4O2. The first-order valence-corrected chi connectivity index (χ1v) is 12.5. The van der Waals surface area contributed by atoms with Gasteiger partial charge in [0, 0.05) is 31.3 Å². The molecule has 0 atom stereocenters. The number of aromatic nitrogens is 2. The van der Waals surface area contributed by atoms with Crippen LogP contribution < -0.4 is 11.1 Å². The van der Waals surface area contributed by atoms with E-state index in [4.69, 9.17) is 10.5 Å². The number of nitrogens with two attached hydrogens (primary N) is 1. The smallest absolute Gasteiger partial charge is 0.407 e. The molecule has 6 nitrogen and oxygen atoms in total. The molecule has 0 aliphatic rings. The number of nitrogens with zero attached hydrogens (tertiary/aromatic N) is 2. The molecule has 0 aliphatic carbocycles. The van der Waals surface area contributed by atoms with Gasteiger partial charge < -0.3 is 15.8 Å². The first kappa shape index (κ1) is 27.6. The minimum atomic E-state index is -0.462. The highest BCUT2D eigenvalue weighted by atomic mass is 16.6. The summed E-state index contributed by atoms with van der Waals surface area (Å²) >= 11 is 0. The van der Waals surface area contributed by atoms with Crippen molar-refractivity contribution in [1.82, 2.24) is 15.3 Å². The molecular weight excluding hydrogens is 460 g/mol. The first-order valence-electron chi connectivity index (χ1n) is 12.5. The van der Waals surface area contributed by atoms with E-state index in [2.05, 4.69) is 63.8 Å². The van der Waals surface area contributed by atoms with Gasteiger partial charge in [-0.25, -0.2) is 4.79 Å². The van der Waals surface area contributed by atoms with Gasteiger partial charge >= 0.3 is 6.09 Å². The van der Waals surface area contributed by atoms with Crippen molar-refractivity contribution in [2.75, 3.05) is 13.1 Å². The van der Waals surface area contributed by atoms with Crippen molar-refractivity contribution in [2.24, 2.45) is 5.73 Å². The Labute approximate surface area is 219 Å². The van der Waals surface area contributed by atoms with Crippen molar-refractivity contribution in [3.8, 4) is 22.3 Å². The maximum Gasteiger partial charge on any atom is 0.407 e. The SMILES string of the molecule is CC(C)(C)OC(=O)NCCc1ccc(-c2ccncc2)cc1.NCCc1ccc(-c2ccncc2)cc1. The maximum atomic E-state index is 11.5. The molecule has 1 amide bonds. The predicted molar refractivity (Wildman–Crippen MR) is 150 cm³/mol. The van der Waals surface area contributed by atoms with Crippen molar-refractivity contribution in [1.29, 1.82) is 0 Å². The Morgan fingerprint density at radius 1 is 0.703 bits per heavy atom. The van der Waals surface area contributed by atoms with E-state index in [1.54, 1.807) is 12.4 Å². The zero-order chi connectivity index (χ0) is 26.5. The molecule has 0 fully saturated rings. The largest absolute Gasteiger partial charge is 0.444 e. The number of amides is 1. The summed E-state index contributed by atoms with van der Waals surface area (Å²) in [6.45, 7) is 6.82. The van der Waals surface area contributed by atoms with Crippen molar-refractivity contribution in [3.05, 3.63) is 109 Å². The summed E-state index contributed by atoms with van der Waals surface area (Å²) in [7, 11) is 0. The van der Waals surface area contributed by atoms with Gasteiger partial charge in [-0.2, -0.15) is 0 Å². The van der Waals surface area contributed by atoms with Crippen LogP contribution in [-0.4, -0.2) is 34.8 Å². The second-order valence-electron chi connectivity index (χ2n) is 9.58. The third-order valence-electron chi connectivity index (χ3n) is 5.45. The van der Waals surface area contributed by atoms with Gasteiger partial charge in [0.1, 0.15) is 5.60 Å². The summed E-state index contributed by atoms with van der Waals surface area (Å²) in [6.07, 6.45) is 8.53. The third-order valence-corrected chi connectivity index (χ3v) is 5.45. The van der Waals surface area contributed by atoms with E-state index in [0.717, 1.165) is 24.0 Å². The average molecular weight is 497 g/mol. The number of hydrogen-bond acceptors (Lipinski definition) is 5. The molecule has 4 rings (SSSR count). The van der Waals surface area contributed by atoms with Gasteiger partial charge in [-0.15, -0.1) is 0 Å². The van der Waals surface area contributed by atoms with Gasteiger partial charge in [-0.3, -0.25) is 9.97 Å². The summed E-state index contributed by atoms with van der Waals surface area (Å²) in [4.78, 5) is 19.6. The lowest BCUT2D eigenvalue weighted by Gasteiger charge is -2.19. The van der Waals surface area contributed by atoms with Crippen LogP contribution in [0.3, 0.4) is 0 Å². The molecule has 0 saturated heterocycles. The molecule has 2 aromatic carbocycles. The molecule has 0 radical (unpaired) electrons. The third kappa shape index (κ3) is 9.86. The topological polar surface area (TPSA) is 90.1 Å². The monoisotopic (exact) mass is 496 g/mol. The van der Waals surface area contributed by atoms with E-state index in [1.807, 2.05) is 57.4 Å². The summed E-state index contributed by atoms with van der Waals surface area (Å²) in [6, 6.07) is 24.8. The van der Waals surface area contributed by atoms with E-state index >= 15 is 0 Å². The summed E-state index contributed by atoms with van der Waals surface area (Å²) < 4.78 is 5.20. The Morgan fingerprint density at radius 2 is 1.11 bits per heavy atom. The molecule has 4 aromatic rings. The number of carbonyl (C=O) groups excluding carboxylic acids is 1. The van der Waals surface area contributed by atoms with Gasteiger partial charge in [-0.05, 0) is 97.8 Å². The van der Waals surface area contributed by atoms with Crippen LogP contribution in [0.4, 0.5) is 4.79 Å². The van der Waals surface area contributed by atoms with Crippen molar-refractivity contribution >= 4 is 6.09 Å². The molecule has 2 heterocycles. The number of ether oxygens (including phenoxy) is 1. The molecule has 3 N–H and O–H groups in total. The number of hydrogen-bond donors (Lipinski definition) is 2. The molecule has 0 unspecified atom stereocenters. The standard InChI is InChI=1S/C18H22N2O2.C13H14N2/c1-18(2,3)22-17(21)20-13-8-14-4-6-15(7-5-14)16-9-11-19-12-10-16;14-8-5-11-1-3-12(4-2-11)13-6-9-15-10-7-13/h4-7,9-12H,8,13H2,1-3H3,(H,20,21);1-4,6-7,9-10H,5,8,14H2. The Bertz CT molecular complexity index is 1200. The van der Waals surface area contributed by atoms with Gasteiger partial charge in [0.25, 0.3) is 0 Å². The lowest BCUT2D eigenvalue weighted by atomic mass is 10.0. The first-order chi connectivity index (χ1) is 17.8. The van der Waals surface area contributed by atoms with E-state index in [9.17, 15) is 4.79 Å². The van der Waals surface area contributed by atoms with E-state index in [-0.39, 0.29) is 6.09 Å². The number of benzene rings is 2. The van der Waals surface area contributed by atoms with Crippen LogP contribution in [0.5, 0.6) is 0 Å². The normalized spacial score (nSPS) is 10.7. The Kier molecular flexibility index (Phi) is 10.4. The van der Waals surface area contributed by atoms with Crippen LogP contribution in [0.15, 0.2) is 97.6 Å². The minimum Gasteiger partial charge on any atom is -0.444 e. The lowest BCUT2D eigenvalue weighted by Crippen LogP contribution is -2.33. The second kappa shape index (κ2) is 13.9. The minimum absolute atomic E-state index is 0.374. The van der Waals surface area contributed by atoms with Crippen LogP contribution in [0.1, 0.15) is 31.9 Å². The van der Waals surface area contributed by atoms with Crippen LogP contribution in [0, 0.1) is 0 Å². The summed E-state index contributed by atoms with van der Waals surface area (Å²) in [5.74, 6) is 0. The number of nitrogens with one attached hydrogen (secondary N) is 1. The number of carbonyl (C=O) groups is 1. The van der Waals surface area contributed by atoms with Crippen molar-refractivity contribution < 1.29 is 9.53 Å². The van der Waals surface area contributed by atoms with Crippen molar-refractivity contribution in [3.63, 3.8) is 0 Å². The number of pyridine rings is 2. The van der Waals surface area contributed by atoms with Crippen LogP contribution in [0.2, 0.25) is 0 Å². The van der Waals surface area contributed by atoms with E-state index in [0.29, 0.717) is 13.1 Å². The zero-order valence-corrected chi connectivity index (χ0v) is 21.9. The van der Waals surface area contributed by atoms with E-state index < -0.39 is 5.60 Å². The van der Waals surface area contributed by atoms with Crippen molar-refractivity contribution in [2.45, 2.75) is 39.2 Å².